The molecular weight excluding hydrogens is 436 g/mol. The summed E-state index contributed by atoms with van der Waals surface area (Å²) in [7, 11) is 1.58. The van der Waals surface area contributed by atoms with Crippen molar-refractivity contribution in [2.75, 3.05) is 7.11 Å². The lowest BCUT2D eigenvalue weighted by Crippen LogP contribution is -2.26. The van der Waals surface area contributed by atoms with Crippen LogP contribution in [0.3, 0.4) is 0 Å². The quantitative estimate of drug-likeness (QED) is 0.358. The molecule has 3 aromatic rings. The van der Waals surface area contributed by atoms with Crippen LogP contribution in [-0.4, -0.2) is 13.2 Å². The number of halogens is 3. The van der Waals surface area contributed by atoms with Gasteiger partial charge >= 0.3 is 0 Å². The first-order chi connectivity index (χ1) is 15.0. The smallest absolute Gasteiger partial charge is 0.163 e. The van der Waals surface area contributed by atoms with Gasteiger partial charge in [0.15, 0.2) is 11.5 Å². The SMILES string of the molecule is COc1cc(CNC(C)CCc2ccccc2)c(Cl)cc1OCc1ccc(F)cc1Cl. The van der Waals surface area contributed by atoms with Crippen molar-refractivity contribution in [1.29, 1.82) is 0 Å². The Bertz CT molecular complexity index is 998. The average molecular weight is 462 g/mol. The standard InChI is InChI=1S/C25H26Cl2FNO2/c1-17(8-9-18-6-4-3-5-7-18)29-15-20-12-24(30-2)25(14-23(20)27)31-16-19-10-11-21(28)13-22(19)26/h3-7,10-14,17,29H,8-9,15-16H2,1-2H3. The molecule has 1 unspecified atom stereocenters. The zero-order chi connectivity index (χ0) is 22.2. The summed E-state index contributed by atoms with van der Waals surface area (Å²) in [6, 6.07) is 18.6. The zero-order valence-corrected chi connectivity index (χ0v) is 19.1. The van der Waals surface area contributed by atoms with Gasteiger partial charge in [0.1, 0.15) is 12.4 Å². The number of rotatable bonds is 10. The molecule has 3 aromatic carbocycles. The fourth-order valence-electron chi connectivity index (χ4n) is 3.19. The maximum Gasteiger partial charge on any atom is 0.163 e. The monoisotopic (exact) mass is 461 g/mol. The molecule has 0 aliphatic heterocycles. The van der Waals surface area contributed by atoms with Crippen LogP contribution < -0.4 is 14.8 Å². The zero-order valence-electron chi connectivity index (χ0n) is 17.6. The molecule has 0 aromatic heterocycles. The van der Waals surface area contributed by atoms with E-state index >= 15 is 0 Å². The minimum Gasteiger partial charge on any atom is -0.493 e. The summed E-state index contributed by atoms with van der Waals surface area (Å²) < 4.78 is 24.6. The maximum atomic E-state index is 13.2. The third-order valence-corrected chi connectivity index (χ3v) is 5.78. The molecule has 6 heteroatoms. The number of nitrogens with one attached hydrogen (secondary N) is 1. The van der Waals surface area contributed by atoms with Gasteiger partial charge < -0.3 is 14.8 Å². The Balaban J connectivity index is 1.59. The fraction of sp³-hybridized carbons (Fsp3) is 0.280. The largest absolute Gasteiger partial charge is 0.493 e. The number of benzene rings is 3. The molecular formula is C25H26Cl2FNO2. The number of ether oxygens (including phenoxy) is 2. The van der Waals surface area contributed by atoms with Crippen molar-refractivity contribution in [1.82, 2.24) is 5.32 Å². The third-order valence-electron chi connectivity index (χ3n) is 5.08. The predicted molar refractivity (Wildman–Crippen MR) is 125 cm³/mol. The molecule has 31 heavy (non-hydrogen) atoms. The molecule has 164 valence electrons. The molecule has 0 radical (unpaired) electrons. The second-order valence-electron chi connectivity index (χ2n) is 7.43. The highest BCUT2D eigenvalue weighted by Crippen LogP contribution is 2.34. The van der Waals surface area contributed by atoms with E-state index in [1.165, 1.54) is 17.7 Å². The normalized spacial score (nSPS) is 11.9. The van der Waals surface area contributed by atoms with E-state index in [0.717, 1.165) is 18.4 Å². The van der Waals surface area contributed by atoms with Gasteiger partial charge in [-0.2, -0.15) is 0 Å². The van der Waals surface area contributed by atoms with E-state index in [1.807, 2.05) is 12.1 Å². The average Bonchev–Trinajstić information content (AvgIpc) is 2.77. The van der Waals surface area contributed by atoms with E-state index in [2.05, 4.69) is 36.5 Å². The Hall–Kier alpha value is -2.27. The summed E-state index contributed by atoms with van der Waals surface area (Å²) >= 11 is 12.6. The summed E-state index contributed by atoms with van der Waals surface area (Å²) in [5, 5.41) is 4.42. The predicted octanol–water partition coefficient (Wildman–Crippen LogP) is 6.83. The van der Waals surface area contributed by atoms with Gasteiger partial charge in [-0.25, -0.2) is 4.39 Å². The minimum absolute atomic E-state index is 0.180. The van der Waals surface area contributed by atoms with E-state index < -0.39 is 0 Å². The molecule has 0 aliphatic carbocycles. The van der Waals surface area contributed by atoms with Crippen LogP contribution in [0, 0.1) is 5.82 Å². The van der Waals surface area contributed by atoms with E-state index in [1.54, 1.807) is 19.2 Å². The Morgan fingerprint density at radius 2 is 1.68 bits per heavy atom. The first-order valence-corrected chi connectivity index (χ1v) is 10.9. The molecule has 0 heterocycles. The highest BCUT2D eigenvalue weighted by molar-refractivity contribution is 6.31. The van der Waals surface area contributed by atoms with Crippen LogP contribution in [0.15, 0.2) is 60.7 Å². The second kappa shape index (κ2) is 11.4. The first kappa shape index (κ1) is 23.4. The van der Waals surface area contributed by atoms with E-state index in [-0.39, 0.29) is 12.4 Å². The molecule has 1 N–H and O–H groups in total. The van der Waals surface area contributed by atoms with Gasteiger partial charge in [-0.3, -0.25) is 0 Å². The third kappa shape index (κ3) is 6.86. The Labute approximate surface area is 193 Å². The van der Waals surface area contributed by atoms with E-state index in [0.29, 0.717) is 39.7 Å². The van der Waals surface area contributed by atoms with E-state index in [4.69, 9.17) is 32.7 Å². The first-order valence-electron chi connectivity index (χ1n) is 10.2. The van der Waals surface area contributed by atoms with Crippen molar-refractivity contribution in [3.8, 4) is 11.5 Å². The number of hydrogen-bond acceptors (Lipinski definition) is 3. The van der Waals surface area contributed by atoms with Gasteiger partial charge in [0.2, 0.25) is 0 Å². The maximum absolute atomic E-state index is 13.2. The molecule has 0 saturated heterocycles. The molecule has 3 rings (SSSR count). The molecule has 0 aliphatic rings. The van der Waals surface area contributed by atoms with Gasteiger partial charge in [0.05, 0.1) is 12.1 Å². The van der Waals surface area contributed by atoms with E-state index in [9.17, 15) is 4.39 Å². The number of aryl methyl sites for hydroxylation is 1. The van der Waals surface area contributed by atoms with Crippen molar-refractivity contribution in [2.45, 2.75) is 39.0 Å². The van der Waals surface area contributed by atoms with Crippen molar-refractivity contribution in [3.63, 3.8) is 0 Å². The van der Waals surface area contributed by atoms with Crippen LogP contribution in [0.1, 0.15) is 30.0 Å². The second-order valence-corrected chi connectivity index (χ2v) is 8.24. The molecule has 0 amide bonds. The topological polar surface area (TPSA) is 30.5 Å². The molecule has 1 atom stereocenters. The summed E-state index contributed by atoms with van der Waals surface area (Å²) in [5.74, 6) is 0.703. The van der Waals surface area contributed by atoms with Crippen molar-refractivity contribution >= 4 is 23.2 Å². The summed E-state index contributed by atoms with van der Waals surface area (Å²) in [6.45, 7) is 2.97. The van der Waals surface area contributed by atoms with Gasteiger partial charge in [-0.05, 0) is 49.1 Å². The number of methoxy groups -OCH3 is 1. The summed E-state index contributed by atoms with van der Waals surface area (Å²) in [5.41, 5.74) is 2.94. The van der Waals surface area contributed by atoms with Crippen LogP contribution in [0.4, 0.5) is 4.39 Å². The van der Waals surface area contributed by atoms with Crippen molar-refractivity contribution in [3.05, 3.63) is 93.2 Å². The van der Waals surface area contributed by atoms with Crippen LogP contribution in [-0.2, 0) is 19.6 Å². The van der Waals surface area contributed by atoms with Gasteiger partial charge in [0, 0.05) is 29.2 Å². The minimum atomic E-state index is -0.385. The lowest BCUT2D eigenvalue weighted by molar-refractivity contribution is 0.284. The van der Waals surface area contributed by atoms with Crippen LogP contribution >= 0.6 is 23.2 Å². The highest BCUT2D eigenvalue weighted by atomic mass is 35.5. The Kier molecular flexibility index (Phi) is 8.59. The summed E-state index contributed by atoms with van der Waals surface area (Å²) in [6.07, 6.45) is 2.04. The Morgan fingerprint density at radius 3 is 2.39 bits per heavy atom. The van der Waals surface area contributed by atoms with Crippen LogP contribution in [0.25, 0.3) is 0 Å². The molecule has 0 spiro atoms. The van der Waals surface area contributed by atoms with Crippen molar-refractivity contribution in [2.24, 2.45) is 0 Å². The molecule has 0 fully saturated rings. The number of hydrogen-bond donors (Lipinski definition) is 1. The summed E-state index contributed by atoms with van der Waals surface area (Å²) in [4.78, 5) is 0. The Morgan fingerprint density at radius 1 is 0.935 bits per heavy atom. The lowest BCUT2D eigenvalue weighted by atomic mass is 10.1. The molecule has 3 nitrogen and oxygen atoms in total. The van der Waals surface area contributed by atoms with Gasteiger partial charge in [-0.1, -0.05) is 59.6 Å². The fourth-order valence-corrected chi connectivity index (χ4v) is 3.64. The van der Waals surface area contributed by atoms with Crippen LogP contribution in [0.5, 0.6) is 11.5 Å². The van der Waals surface area contributed by atoms with Crippen LogP contribution in [0.2, 0.25) is 10.0 Å². The molecule has 0 bridgehead atoms. The van der Waals surface area contributed by atoms with Gasteiger partial charge in [0.25, 0.3) is 0 Å². The molecule has 0 saturated carbocycles. The van der Waals surface area contributed by atoms with Gasteiger partial charge in [-0.15, -0.1) is 0 Å². The highest BCUT2D eigenvalue weighted by Gasteiger charge is 2.13. The lowest BCUT2D eigenvalue weighted by Gasteiger charge is -2.17. The van der Waals surface area contributed by atoms with Crippen molar-refractivity contribution < 1.29 is 13.9 Å².